The van der Waals surface area contributed by atoms with E-state index in [1.165, 1.54) is 13.8 Å². The van der Waals surface area contributed by atoms with Crippen molar-refractivity contribution in [2.75, 3.05) is 17.7 Å². The van der Waals surface area contributed by atoms with Crippen molar-refractivity contribution >= 4 is 25.5 Å². The Balaban J connectivity index is 3.06. The quantitative estimate of drug-likeness (QED) is 0.764. The number of halogens is 1. The maximum absolute atomic E-state index is 13.5. The van der Waals surface area contributed by atoms with Gasteiger partial charge in [0.1, 0.15) is 15.7 Å². The van der Waals surface area contributed by atoms with Gasteiger partial charge in [-0.15, -0.1) is 0 Å². The molecule has 6 nitrogen and oxygen atoms in total. The summed E-state index contributed by atoms with van der Waals surface area (Å²) in [6.07, 6.45) is 1.00. The fraction of sp³-hybridized carbons (Fsp3) is 0.455. The number of sulfonamides is 1. The lowest BCUT2D eigenvalue weighted by molar-refractivity contribution is 0.561. The van der Waals surface area contributed by atoms with Crippen LogP contribution >= 0.6 is 0 Å². The van der Waals surface area contributed by atoms with E-state index in [1.807, 2.05) is 0 Å². The molecule has 0 bridgehead atoms. The molecule has 0 heterocycles. The van der Waals surface area contributed by atoms with Gasteiger partial charge in [0.15, 0.2) is 0 Å². The first-order valence-corrected chi connectivity index (χ1v) is 9.22. The van der Waals surface area contributed by atoms with E-state index in [-0.39, 0.29) is 21.9 Å². The van der Waals surface area contributed by atoms with Crippen molar-refractivity contribution in [2.24, 2.45) is 0 Å². The van der Waals surface area contributed by atoms with Crippen LogP contribution < -0.4 is 10.5 Å². The summed E-state index contributed by atoms with van der Waals surface area (Å²) in [7, 11) is -7.35. The zero-order chi connectivity index (χ0) is 15.7. The Morgan fingerprint density at radius 1 is 1.30 bits per heavy atom. The third-order valence-electron chi connectivity index (χ3n) is 2.58. The molecular formula is C11H17FN2O4S2. The van der Waals surface area contributed by atoms with Crippen LogP contribution in [-0.2, 0) is 19.9 Å². The van der Waals surface area contributed by atoms with Crippen LogP contribution in [0, 0.1) is 12.7 Å². The minimum atomic E-state index is -4.03. The van der Waals surface area contributed by atoms with Crippen molar-refractivity contribution < 1.29 is 21.2 Å². The molecule has 1 atom stereocenters. The van der Waals surface area contributed by atoms with Crippen molar-refractivity contribution in [3.63, 3.8) is 0 Å². The average Bonchev–Trinajstić information content (AvgIpc) is 2.21. The standard InChI is InChI=1S/C11H17FN2O4S2/c1-7(6-19(3,15)16)14-20(17,18)9-4-10(12)8(2)11(13)5-9/h4-5,7,14H,6,13H2,1-3H3. The molecule has 0 aliphatic carbocycles. The molecule has 0 fully saturated rings. The number of nitrogens with two attached hydrogens (primary N) is 1. The molecule has 20 heavy (non-hydrogen) atoms. The summed E-state index contributed by atoms with van der Waals surface area (Å²) in [6, 6.07) is 1.15. The number of benzene rings is 1. The van der Waals surface area contributed by atoms with Crippen molar-refractivity contribution in [1.82, 2.24) is 4.72 Å². The summed E-state index contributed by atoms with van der Waals surface area (Å²) in [6.45, 7) is 2.84. The van der Waals surface area contributed by atoms with Crippen molar-refractivity contribution in [2.45, 2.75) is 24.8 Å². The normalized spacial score (nSPS) is 14.2. The minimum absolute atomic E-state index is 0.0149. The highest BCUT2D eigenvalue weighted by molar-refractivity contribution is 7.91. The molecule has 0 saturated heterocycles. The Morgan fingerprint density at radius 2 is 1.85 bits per heavy atom. The van der Waals surface area contributed by atoms with Crippen molar-refractivity contribution in [1.29, 1.82) is 0 Å². The molecule has 3 N–H and O–H groups in total. The molecule has 0 saturated carbocycles. The molecule has 1 rings (SSSR count). The second-order valence-corrected chi connectivity index (χ2v) is 8.63. The molecule has 0 spiro atoms. The van der Waals surface area contributed by atoms with Crippen LogP contribution in [0.15, 0.2) is 17.0 Å². The van der Waals surface area contributed by atoms with Crippen LogP contribution in [0.2, 0.25) is 0 Å². The third kappa shape index (κ3) is 4.43. The molecule has 0 aliphatic heterocycles. The van der Waals surface area contributed by atoms with Gasteiger partial charge in [-0.05, 0) is 26.0 Å². The Hall–Kier alpha value is -1.19. The lowest BCUT2D eigenvalue weighted by Gasteiger charge is -2.14. The predicted molar refractivity (Wildman–Crippen MR) is 75.0 cm³/mol. The Morgan fingerprint density at radius 3 is 2.30 bits per heavy atom. The zero-order valence-electron chi connectivity index (χ0n) is 11.3. The van der Waals surface area contributed by atoms with Gasteiger partial charge in [0.25, 0.3) is 0 Å². The second-order valence-electron chi connectivity index (χ2n) is 4.73. The fourth-order valence-corrected chi connectivity index (χ4v) is 4.04. The van der Waals surface area contributed by atoms with Crippen LogP contribution in [0.5, 0.6) is 0 Å². The highest BCUT2D eigenvalue weighted by Crippen LogP contribution is 2.21. The predicted octanol–water partition coefficient (Wildman–Crippen LogP) is 0.428. The summed E-state index contributed by atoms with van der Waals surface area (Å²) in [5.41, 5.74) is 5.70. The van der Waals surface area contributed by atoms with Crippen LogP contribution in [-0.4, -0.2) is 34.9 Å². The van der Waals surface area contributed by atoms with Crippen LogP contribution in [0.4, 0.5) is 10.1 Å². The molecule has 9 heteroatoms. The zero-order valence-corrected chi connectivity index (χ0v) is 13.0. The first kappa shape index (κ1) is 16.9. The van der Waals surface area contributed by atoms with Gasteiger partial charge in [0.2, 0.25) is 10.0 Å². The molecule has 0 aliphatic rings. The molecular weight excluding hydrogens is 307 g/mol. The molecule has 1 aromatic rings. The third-order valence-corrected chi connectivity index (χ3v) is 5.25. The highest BCUT2D eigenvalue weighted by atomic mass is 32.2. The molecule has 1 aromatic carbocycles. The number of nitrogens with one attached hydrogen (secondary N) is 1. The van der Waals surface area contributed by atoms with E-state index < -0.39 is 31.7 Å². The topological polar surface area (TPSA) is 106 Å². The Kier molecular flexibility index (Phi) is 4.78. The maximum Gasteiger partial charge on any atom is 0.241 e. The monoisotopic (exact) mass is 324 g/mol. The first-order valence-electron chi connectivity index (χ1n) is 5.68. The Labute approximate surface area is 118 Å². The SMILES string of the molecule is Cc1c(N)cc(S(=O)(=O)NC(C)CS(C)(=O)=O)cc1F. The van der Waals surface area contributed by atoms with Gasteiger partial charge < -0.3 is 5.73 Å². The second kappa shape index (κ2) is 5.66. The van der Waals surface area contributed by atoms with Gasteiger partial charge in [-0.25, -0.2) is 25.9 Å². The number of nitrogen functional groups attached to an aromatic ring is 1. The lowest BCUT2D eigenvalue weighted by atomic mass is 10.2. The molecule has 1 unspecified atom stereocenters. The van der Waals surface area contributed by atoms with E-state index >= 15 is 0 Å². The number of anilines is 1. The number of rotatable bonds is 5. The van der Waals surface area contributed by atoms with Gasteiger partial charge in [0, 0.05) is 23.5 Å². The largest absolute Gasteiger partial charge is 0.398 e. The molecule has 0 radical (unpaired) electrons. The summed E-state index contributed by atoms with van der Waals surface area (Å²) < 4.78 is 61.9. The van der Waals surface area contributed by atoms with Crippen molar-refractivity contribution in [3.05, 3.63) is 23.5 Å². The smallest absolute Gasteiger partial charge is 0.241 e. The van der Waals surface area contributed by atoms with Crippen LogP contribution in [0.1, 0.15) is 12.5 Å². The first-order chi connectivity index (χ1) is 8.92. The van der Waals surface area contributed by atoms with E-state index in [2.05, 4.69) is 4.72 Å². The number of hydrogen-bond donors (Lipinski definition) is 2. The summed E-state index contributed by atoms with van der Waals surface area (Å²) in [4.78, 5) is -0.335. The van der Waals surface area contributed by atoms with Gasteiger partial charge in [-0.3, -0.25) is 0 Å². The lowest BCUT2D eigenvalue weighted by Crippen LogP contribution is -2.37. The maximum atomic E-state index is 13.5. The van der Waals surface area contributed by atoms with E-state index in [1.54, 1.807) is 0 Å². The minimum Gasteiger partial charge on any atom is -0.398 e. The van der Waals surface area contributed by atoms with Gasteiger partial charge in [-0.2, -0.15) is 0 Å². The van der Waals surface area contributed by atoms with E-state index in [0.717, 1.165) is 18.4 Å². The van der Waals surface area contributed by atoms with Gasteiger partial charge in [0.05, 0.1) is 10.6 Å². The van der Waals surface area contributed by atoms with E-state index in [4.69, 9.17) is 5.73 Å². The fourth-order valence-electron chi connectivity index (χ4n) is 1.65. The summed E-state index contributed by atoms with van der Waals surface area (Å²) >= 11 is 0. The van der Waals surface area contributed by atoms with Crippen molar-refractivity contribution in [3.8, 4) is 0 Å². The molecule has 0 amide bonds. The Bertz CT molecular complexity index is 691. The average molecular weight is 324 g/mol. The van der Waals surface area contributed by atoms with Crippen LogP contribution in [0.25, 0.3) is 0 Å². The number of hydrogen-bond acceptors (Lipinski definition) is 5. The summed E-state index contributed by atoms with van der Waals surface area (Å²) in [5.74, 6) is -1.09. The van der Waals surface area contributed by atoms with E-state index in [9.17, 15) is 21.2 Å². The van der Waals surface area contributed by atoms with Crippen LogP contribution in [0.3, 0.4) is 0 Å². The molecule has 0 aromatic heterocycles. The van der Waals surface area contributed by atoms with E-state index in [0.29, 0.717) is 0 Å². The highest BCUT2D eigenvalue weighted by Gasteiger charge is 2.21. The van der Waals surface area contributed by atoms with Gasteiger partial charge >= 0.3 is 0 Å². The summed E-state index contributed by atoms with van der Waals surface area (Å²) in [5, 5.41) is 0. The van der Waals surface area contributed by atoms with Gasteiger partial charge in [-0.1, -0.05) is 0 Å². The molecule has 114 valence electrons. The number of sulfone groups is 1.